The first-order chi connectivity index (χ1) is 23.8. The molecule has 7 rings (SSSR count). The van der Waals surface area contributed by atoms with Crippen molar-refractivity contribution in [2.24, 2.45) is 10.9 Å². The predicted octanol–water partition coefficient (Wildman–Crippen LogP) is 9.30. The zero-order chi connectivity index (χ0) is 34.4. The third-order valence-corrected chi connectivity index (χ3v) is 11.4. The number of aliphatic imine (C=N–C) groups is 1. The van der Waals surface area contributed by atoms with Gasteiger partial charge in [-0.05, 0) is 48.0 Å². The highest BCUT2D eigenvalue weighted by molar-refractivity contribution is 7.28. The maximum absolute atomic E-state index is 13.7. The van der Waals surface area contributed by atoms with Crippen molar-refractivity contribution in [1.82, 2.24) is 4.57 Å². The fourth-order valence-electron chi connectivity index (χ4n) is 6.61. The second-order valence-corrected chi connectivity index (χ2v) is 14.2. The Morgan fingerprint density at radius 2 is 1.31 bits per heavy atom. The Morgan fingerprint density at radius 3 is 1.78 bits per heavy atom. The van der Waals surface area contributed by atoms with E-state index in [-0.39, 0.29) is 23.7 Å². The van der Waals surface area contributed by atoms with Gasteiger partial charge in [0.2, 0.25) is 0 Å². The van der Waals surface area contributed by atoms with Gasteiger partial charge in [0.05, 0.1) is 38.6 Å². The molecule has 7 nitrogen and oxygen atoms in total. The fraction of sp³-hybridized carbons (Fsp3) is 0.150. The van der Waals surface area contributed by atoms with E-state index in [0.717, 1.165) is 48.7 Å². The van der Waals surface area contributed by atoms with E-state index >= 15 is 0 Å². The highest BCUT2D eigenvalue weighted by Crippen LogP contribution is 2.46. The monoisotopic (exact) mass is 673 g/mol. The minimum absolute atomic E-state index is 0.0919. The number of fused-ring (bicyclic) bond motifs is 5. The van der Waals surface area contributed by atoms with Crippen LogP contribution in [0.25, 0.3) is 43.7 Å². The molecule has 1 unspecified atom stereocenters. The molecule has 0 radical (unpaired) electrons. The topological polar surface area (TPSA) is 123 Å². The Labute approximate surface area is 291 Å². The molecule has 1 atom stereocenters. The van der Waals surface area contributed by atoms with Gasteiger partial charge in [0, 0.05) is 49.7 Å². The lowest BCUT2D eigenvalue weighted by atomic mass is 9.98. The summed E-state index contributed by atoms with van der Waals surface area (Å²) in [6, 6.07) is 24.8. The first kappa shape index (κ1) is 31.7. The van der Waals surface area contributed by atoms with E-state index < -0.39 is 0 Å². The van der Waals surface area contributed by atoms with Crippen LogP contribution in [0.4, 0.5) is 0 Å². The van der Waals surface area contributed by atoms with Crippen molar-refractivity contribution < 1.29 is 9.59 Å². The van der Waals surface area contributed by atoms with Crippen molar-refractivity contribution in [2.45, 2.75) is 26.8 Å². The van der Waals surface area contributed by atoms with Gasteiger partial charge in [-0.3, -0.25) is 14.6 Å². The van der Waals surface area contributed by atoms with Gasteiger partial charge in [0.15, 0.2) is 11.6 Å². The number of rotatable bonds is 7. The molecular weight excluding hydrogens is 647 g/mol. The maximum atomic E-state index is 13.7. The molecule has 0 amide bonds. The average Bonchev–Trinajstić information content (AvgIpc) is 3.90. The van der Waals surface area contributed by atoms with Crippen LogP contribution in [-0.2, 0) is 6.54 Å². The van der Waals surface area contributed by atoms with Gasteiger partial charge in [-0.15, -0.1) is 22.7 Å². The molecule has 3 heterocycles. The molecule has 0 bridgehead atoms. The lowest BCUT2D eigenvalue weighted by Gasteiger charge is -2.11. The first-order valence-electron chi connectivity index (χ1n) is 15.7. The molecule has 0 N–H and O–H groups in total. The highest BCUT2D eigenvalue weighted by atomic mass is 32.1. The number of thiophene rings is 2. The molecule has 0 aliphatic heterocycles. The normalized spacial score (nSPS) is 16.9. The zero-order valence-electron chi connectivity index (χ0n) is 26.7. The summed E-state index contributed by atoms with van der Waals surface area (Å²) in [5, 5.41) is 29.5. The number of hydrogen-bond donors (Lipinski definition) is 0. The number of hydrogen-bond acceptors (Lipinski definition) is 8. The van der Waals surface area contributed by atoms with Crippen molar-refractivity contribution in [1.29, 1.82) is 15.8 Å². The lowest BCUT2D eigenvalue weighted by Crippen LogP contribution is -2.05. The number of carbonyl (C=O) groups excluding carboxylic acids is 2. The largest absolute Gasteiger partial charge is 0.339 e. The van der Waals surface area contributed by atoms with Crippen LogP contribution >= 0.6 is 22.7 Å². The van der Waals surface area contributed by atoms with Crippen LogP contribution in [0.5, 0.6) is 0 Å². The van der Waals surface area contributed by atoms with E-state index in [1.807, 2.05) is 36.4 Å². The second kappa shape index (κ2) is 12.6. The van der Waals surface area contributed by atoms with Crippen molar-refractivity contribution in [3.63, 3.8) is 0 Å². The quantitative estimate of drug-likeness (QED) is 0.0968. The number of aromatic nitrogens is 1. The van der Waals surface area contributed by atoms with Crippen LogP contribution in [0.2, 0.25) is 0 Å². The van der Waals surface area contributed by atoms with E-state index in [2.05, 4.69) is 48.3 Å². The number of nitrogens with zero attached hydrogens (tertiary/aromatic N) is 5. The molecule has 236 valence electrons. The van der Waals surface area contributed by atoms with Crippen molar-refractivity contribution in [2.75, 3.05) is 6.54 Å². The molecule has 3 aromatic heterocycles. The minimum atomic E-state index is -0.209. The summed E-state index contributed by atoms with van der Waals surface area (Å²) in [5.74, 6) is 0.0543. The molecule has 2 aliphatic rings. The zero-order valence-corrected chi connectivity index (χ0v) is 28.3. The van der Waals surface area contributed by atoms with Crippen LogP contribution < -0.4 is 0 Å². The smallest absolute Gasteiger partial charge is 0.194 e. The van der Waals surface area contributed by atoms with E-state index in [4.69, 9.17) is 0 Å². The van der Waals surface area contributed by atoms with Gasteiger partial charge in [-0.1, -0.05) is 68.8 Å². The van der Waals surface area contributed by atoms with Crippen LogP contribution in [0.1, 0.15) is 61.9 Å². The number of nitriles is 3. The van der Waals surface area contributed by atoms with E-state index in [1.165, 1.54) is 0 Å². The molecule has 0 spiro atoms. The Balaban J connectivity index is 1.40. The Hall–Kier alpha value is -5.92. The first-order valence-corrected chi connectivity index (χ1v) is 17.3. The third kappa shape index (κ3) is 5.10. The van der Waals surface area contributed by atoms with Gasteiger partial charge in [0.25, 0.3) is 0 Å². The fourth-order valence-corrected chi connectivity index (χ4v) is 8.97. The van der Waals surface area contributed by atoms with E-state index in [0.29, 0.717) is 50.5 Å². The van der Waals surface area contributed by atoms with Gasteiger partial charge in [0.1, 0.15) is 17.7 Å². The van der Waals surface area contributed by atoms with Crippen LogP contribution in [-0.4, -0.2) is 29.4 Å². The van der Waals surface area contributed by atoms with Crippen LogP contribution in [0, 0.1) is 39.9 Å². The standard InChI is InChI=1S/C40H27N5O2S2/c1-4-22(2)21-45-33-15-25(13-31-35(23(17-41)18-42)27-9-5-7-11-29(27)37(31)46)48-39(33)40-34(45)16-26(49-40)14-32-36(24(19-43)20-44-3)28-10-6-8-12-30(28)38(32)47/h5-16,22H,3-4,20-21H2,1-2H3/b31-13-,32-14-,36-24-. The van der Waals surface area contributed by atoms with Gasteiger partial charge in [-0.25, -0.2) is 0 Å². The summed E-state index contributed by atoms with van der Waals surface area (Å²) in [6.45, 7) is 8.83. The van der Waals surface area contributed by atoms with Crippen molar-refractivity contribution >= 4 is 84.7 Å². The van der Waals surface area contributed by atoms with E-state index in [9.17, 15) is 25.4 Å². The van der Waals surface area contributed by atoms with Gasteiger partial charge >= 0.3 is 0 Å². The summed E-state index contributed by atoms with van der Waals surface area (Å²) in [7, 11) is 0. The molecule has 0 saturated carbocycles. The van der Waals surface area contributed by atoms with Crippen molar-refractivity contribution in [3.05, 3.63) is 115 Å². The molecule has 0 saturated heterocycles. The Bertz CT molecular complexity index is 2530. The molecule has 9 heteroatoms. The maximum Gasteiger partial charge on any atom is 0.194 e. The molecular formula is C40H27N5O2S2. The summed E-state index contributed by atoms with van der Waals surface area (Å²) in [6.07, 6.45) is 4.68. The number of allylic oxidation sites excluding steroid dienone is 5. The predicted molar refractivity (Wildman–Crippen MR) is 197 cm³/mol. The third-order valence-electron chi connectivity index (χ3n) is 9.11. The van der Waals surface area contributed by atoms with Crippen molar-refractivity contribution in [3.8, 4) is 18.2 Å². The van der Waals surface area contributed by atoms with Gasteiger partial charge < -0.3 is 4.57 Å². The Morgan fingerprint density at radius 1 is 0.816 bits per heavy atom. The van der Waals surface area contributed by atoms with Gasteiger partial charge in [-0.2, -0.15) is 15.8 Å². The van der Waals surface area contributed by atoms with Crippen LogP contribution in [0.15, 0.2) is 87.9 Å². The number of Topliss-reactive ketones (excluding diaryl/α,β-unsaturated/α-hetero) is 2. The minimum Gasteiger partial charge on any atom is -0.339 e. The molecule has 0 fully saturated rings. The SMILES string of the molecule is C=NC/C(C#N)=C1\C(=C\c2cc3c(s2)c2sc(/C=C4\C(=O)c5ccccc5C4=C(C#N)C#N)cc2n3CC(C)CC)C(=O)c2ccccc21. The number of benzene rings is 2. The molecule has 5 aromatic rings. The number of carbonyl (C=O) groups is 2. The second-order valence-electron chi connectivity index (χ2n) is 12.0. The molecule has 49 heavy (non-hydrogen) atoms. The summed E-state index contributed by atoms with van der Waals surface area (Å²) < 4.78 is 4.42. The average molecular weight is 674 g/mol. The Kier molecular flexibility index (Phi) is 8.14. The lowest BCUT2D eigenvalue weighted by molar-refractivity contribution is 0.103. The number of ketones is 2. The molecule has 2 aliphatic carbocycles. The van der Waals surface area contributed by atoms with E-state index in [1.54, 1.807) is 59.1 Å². The van der Waals surface area contributed by atoms with Crippen LogP contribution in [0.3, 0.4) is 0 Å². The summed E-state index contributed by atoms with van der Waals surface area (Å²) >= 11 is 3.13. The summed E-state index contributed by atoms with van der Waals surface area (Å²) in [5.41, 5.74) is 6.55. The highest BCUT2D eigenvalue weighted by Gasteiger charge is 2.34. The summed E-state index contributed by atoms with van der Waals surface area (Å²) in [4.78, 5) is 33.0. The molecule has 2 aromatic carbocycles.